The van der Waals surface area contributed by atoms with E-state index in [2.05, 4.69) is 0 Å². The summed E-state index contributed by atoms with van der Waals surface area (Å²) in [7, 11) is 0. The van der Waals surface area contributed by atoms with Gasteiger partial charge in [-0.3, -0.25) is 4.79 Å². The van der Waals surface area contributed by atoms with Gasteiger partial charge in [0.05, 0.1) is 6.04 Å². The number of ether oxygens (including phenoxy) is 1. The van der Waals surface area contributed by atoms with Gasteiger partial charge in [0.2, 0.25) is 0 Å². The molecule has 0 spiro atoms. The first-order chi connectivity index (χ1) is 11.6. The first-order valence-corrected chi connectivity index (χ1v) is 7.96. The fraction of sp³-hybridized carbons (Fsp3) is 0.263. The molecular weight excluding hydrogens is 306 g/mol. The second-order valence-electron chi connectivity index (χ2n) is 5.78. The van der Waals surface area contributed by atoms with E-state index in [0.29, 0.717) is 11.3 Å². The second kappa shape index (κ2) is 7.17. The summed E-state index contributed by atoms with van der Waals surface area (Å²) in [6, 6.07) is 16.8. The minimum absolute atomic E-state index is 0.0536. The molecule has 5 heteroatoms. The van der Waals surface area contributed by atoms with Gasteiger partial charge in [-0.15, -0.1) is 0 Å². The maximum atomic E-state index is 12.9. The minimum atomic E-state index is -1.05. The molecule has 0 bridgehead atoms. The van der Waals surface area contributed by atoms with Gasteiger partial charge in [-0.05, 0) is 36.6 Å². The Labute approximate surface area is 140 Å². The third-order valence-corrected chi connectivity index (χ3v) is 4.14. The van der Waals surface area contributed by atoms with Crippen molar-refractivity contribution < 1.29 is 19.4 Å². The van der Waals surface area contributed by atoms with Gasteiger partial charge in [-0.1, -0.05) is 36.4 Å². The fourth-order valence-corrected chi connectivity index (χ4v) is 3.06. The van der Waals surface area contributed by atoms with E-state index in [9.17, 15) is 9.59 Å². The van der Waals surface area contributed by atoms with Crippen LogP contribution in [0.15, 0.2) is 54.6 Å². The molecule has 0 aromatic heterocycles. The van der Waals surface area contributed by atoms with Crippen LogP contribution in [0.2, 0.25) is 0 Å². The third-order valence-electron chi connectivity index (χ3n) is 4.14. The van der Waals surface area contributed by atoms with E-state index in [4.69, 9.17) is 9.84 Å². The van der Waals surface area contributed by atoms with E-state index in [1.54, 1.807) is 24.3 Å². The number of carbonyl (C=O) groups excluding carboxylic acids is 1. The summed E-state index contributed by atoms with van der Waals surface area (Å²) in [4.78, 5) is 25.4. The van der Waals surface area contributed by atoms with Crippen molar-refractivity contribution in [2.45, 2.75) is 18.9 Å². The number of benzene rings is 2. The first-order valence-electron chi connectivity index (χ1n) is 7.96. The van der Waals surface area contributed by atoms with Gasteiger partial charge < -0.3 is 14.7 Å². The molecule has 1 aliphatic rings. The Kier molecular flexibility index (Phi) is 4.79. The number of carboxylic acids is 1. The summed E-state index contributed by atoms with van der Waals surface area (Å²) < 4.78 is 5.16. The maximum Gasteiger partial charge on any atom is 0.341 e. The summed E-state index contributed by atoms with van der Waals surface area (Å²) >= 11 is 0. The zero-order valence-corrected chi connectivity index (χ0v) is 13.2. The Morgan fingerprint density at radius 2 is 1.92 bits per heavy atom. The lowest BCUT2D eigenvalue weighted by atomic mass is 10.0. The van der Waals surface area contributed by atoms with Gasteiger partial charge in [0.1, 0.15) is 5.75 Å². The molecule has 2 aromatic carbocycles. The molecule has 0 saturated carbocycles. The molecule has 24 heavy (non-hydrogen) atoms. The van der Waals surface area contributed by atoms with E-state index in [0.717, 1.165) is 24.9 Å². The largest absolute Gasteiger partial charge is 0.482 e. The van der Waals surface area contributed by atoms with E-state index in [1.807, 2.05) is 35.2 Å². The standard InChI is InChI=1S/C19H19NO4/c21-18(22)13-24-16-9-4-8-15(12-16)19(23)20-11-5-10-17(20)14-6-2-1-3-7-14/h1-4,6-9,12,17H,5,10-11,13H2,(H,21,22). The highest BCUT2D eigenvalue weighted by atomic mass is 16.5. The van der Waals surface area contributed by atoms with Gasteiger partial charge in [0.25, 0.3) is 5.91 Å². The van der Waals surface area contributed by atoms with E-state index in [-0.39, 0.29) is 11.9 Å². The molecular formula is C19H19NO4. The van der Waals surface area contributed by atoms with Crippen LogP contribution in [0.1, 0.15) is 34.8 Å². The van der Waals surface area contributed by atoms with Crippen LogP contribution in [-0.2, 0) is 4.79 Å². The van der Waals surface area contributed by atoms with Crippen molar-refractivity contribution in [3.05, 3.63) is 65.7 Å². The normalized spacial score (nSPS) is 16.8. The number of hydrogen-bond donors (Lipinski definition) is 1. The van der Waals surface area contributed by atoms with E-state index >= 15 is 0 Å². The molecule has 124 valence electrons. The first kappa shape index (κ1) is 16.1. The van der Waals surface area contributed by atoms with Gasteiger partial charge >= 0.3 is 5.97 Å². The zero-order chi connectivity index (χ0) is 16.9. The zero-order valence-electron chi connectivity index (χ0n) is 13.2. The molecule has 0 aliphatic carbocycles. The molecule has 5 nitrogen and oxygen atoms in total. The highest BCUT2D eigenvalue weighted by Crippen LogP contribution is 2.33. The van der Waals surface area contributed by atoms with Crippen molar-refractivity contribution in [3.8, 4) is 5.75 Å². The van der Waals surface area contributed by atoms with Gasteiger partial charge in [-0.25, -0.2) is 4.79 Å². The van der Waals surface area contributed by atoms with Gasteiger partial charge in [-0.2, -0.15) is 0 Å². The fourth-order valence-electron chi connectivity index (χ4n) is 3.06. The van der Waals surface area contributed by atoms with Crippen molar-refractivity contribution in [1.29, 1.82) is 0 Å². The van der Waals surface area contributed by atoms with E-state index in [1.165, 1.54) is 0 Å². The van der Waals surface area contributed by atoms with Crippen LogP contribution in [0.5, 0.6) is 5.75 Å². The average Bonchev–Trinajstić information content (AvgIpc) is 3.10. The molecule has 1 fully saturated rings. The molecule has 1 N–H and O–H groups in total. The number of carboxylic acid groups (broad SMARTS) is 1. The smallest absolute Gasteiger partial charge is 0.341 e. The summed E-state index contributed by atoms with van der Waals surface area (Å²) in [5, 5.41) is 8.69. The molecule has 1 heterocycles. The van der Waals surface area contributed by atoms with Crippen molar-refractivity contribution in [2.24, 2.45) is 0 Å². The van der Waals surface area contributed by atoms with Gasteiger partial charge in [0, 0.05) is 12.1 Å². The summed E-state index contributed by atoms with van der Waals surface area (Å²) in [6.07, 6.45) is 1.92. The number of nitrogens with zero attached hydrogens (tertiary/aromatic N) is 1. The van der Waals surface area contributed by atoms with Crippen molar-refractivity contribution in [2.75, 3.05) is 13.2 Å². The molecule has 2 aromatic rings. The Morgan fingerprint density at radius 1 is 1.12 bits per heavy atom. The van der Waals surface area contributed by atoms with Crippen LogP contribution in [0.3, 0.4) is 0 Å². The minimum Gasteiger partial charge on any atom is -0.482 e. The highest BCUT2D eigenvalue weighted by molar-refractivity contribution is 5.95. The number of likely N-dealkylation sites (tertiary alicyclic amines) is 1. The number of amides is 1. The van der Waals surface area contributed by atoms with Crippen LogP contribution in [0.25, 0.3) is 0 Å². The SMILES string of the molecule is O=C(O)COc1cccc(C(=O)N2CCCC2c2ccccc2)c1. The number of aliphatic carboxylic acids is 1. The molecule has 1 unspecified atom stereocenters. The quantitative estimate of drug-likeness (QED) is 0.917. The van der Waals surface area contributed by atoms with Gasteiger partial charge in [0.15, 0.2) is 6.61 Å². The van der Waals surface area contributed by atoms with Crippen molar-refractivity contribution >= 4 is 11.9 Å². The van der Waals surface area contributed by atoms with E-state index < -0.39 is 12.6 Å². The molecule has 1 amide bonds. The third kappa shape index (κ3) is 3.56. The lowest BCUT2D eigenvalue weighted by Crippen LogP contribution is -2.30. The summed E-state index contributed by atoms with van der Waals surface area (Å²) in [6.45, 7) is 0.298. The van der Waals surface area contributed by atoms with Crippen molar-refractivity contribution in [3.63, 3.8) is 0 Å². The van der Waals surface area contributed by atoms with Crippen LogP contribution in [0.4, 0.5) is 0 Å². The topological polar surface area (TPSA) is 66.8 Å². The summed E-state index contributed by atoms with van der Waals surface area (Å²) in [5.74, 6) is -0.712. The van der Waals surface area contributed by atoms with Crippen molar-refractivity contribution in [1.82, 2.24) is 4.90 Å². The lowest BCUT2D eigenvalue weighted by Gasteiger charge is -2.25. The number of hydrogen-bond acceptors (Lipinski definition) is 3. The van der Waals surface area contributed by atoms with Crippen LogP contribution >= 0.6 is 0 Å². The number of rotatable bonds is 5. The molecule has 1 saturated heterocycles. The molecule has 3 rings (SSSR count). The highest BCUT2D eigenvalue weighted by Gasteiger charge is 2.30. The predicted octanol–water partition coefficient (Wildman–Crippen LogP) is 3.13. The Hall–Kier alpha value is -2.82. The van der Waals surface area contributed by atoms with Crippen LogP contribution < -0.4 is 4.74 Å². The molecule has 0 radical (unpaired) electrons. The van der Waals surface area contributed by atoms with Crippen LogP contribution in [0, 0.1) is 0 Å². The average molecular weight is 325 g/mol. The molecule has 1 aliphatic heterocycles. The maximum absolute atomic E-state index is 12.9. The monoisotopic (exact) mass is 325 g/mol. The lowest BCUT2D eigenvalue weighted by molar-refractivity contribution is -0.139. The van der Waals surface area contributed by atoms with Crippen LogP contribution in [-0.4, -0.2) is 35.0 Å². The summed E-state index contributed by atoms with van der Waals surface area (Å²) in [5.41, 5.74) is 1.65. The predicted molar refractivity (Wildman–Crippen MR) is 89.0 cm³/mol. The molecule has 1 atom stereocenters. The Balaban J connectivity index is 1.78. The Morgan fingerprint density at radius 3 is 2.67 bits per heavy atom. The Bertz CT molecular complexity index is 729. The second-order valence-corrected chi connectivity index (χ2v) is 5.78. The number of carbonyl (C=O) groups is 2.